The maximum absolute atomic E-state index is 6.33. The van der Waals surface area contributed by atoms with Gasteiger partial charge in [-0.1, -0.05) is 77.5 Å². The molecule has 0 aliphatic carbocycles. The Morgan fingerprint density at radius 2 is 0.517 bits per heavy atom. The molecule has 0 bridgehead atoms. The third kappa shape index (κ3) is 15.1. The Morgan fingerprint density at radius 1 is 0.362 bits per heavy atom. The first-order chi connectivity index (χ1) is 26.3. The summed E-state index contributed by atoms with van der Waals surface area (Å²) in [6, 6.07) is 0. The molecule has 0 atom stereocenters. The fourth-order valence-electron chi connectivity index (χ4n) is 6.06. The van der Waals surface area contributed by atoms with Crippen molar-refractivity contribution in [2.45, 2.75) is 69.2 Å². The Hall–Kier alpha value is 6.14. The summed E-state index contributed by atoms with van der Waals surface area (Å²) < 4.78 is -8.09. The van der Waals surface area contributed by atoms with Gasteiger partial charge in [-0.15, -0.1) is 0 Å². The van der Waals surface area contributed by atoms with Crippen LogP contribution >= 0.6 is 177 Å². The summed E-state index contributed by atoms with van der Waals surface area (Å²) in [5, 5.41) is 0. The Balaban J connectivity index is 0. The van der Waals surface area contributed by atoms with Gasteiger partial charge in [0.15, 0.2) is 0 Å². The molecule has 58 heavy (non-hydrogen) atoms. The van der Waals surface area contributed by atoms with Crippen LogP contribution in [0, 0.1) is 0 Å². The Labute approximate surface area is 436 Å². The van der Waals surface area contributed by atoms with E-state index in [0.29, 0.717) is 18.0 Å². The fourth-order valence-corrected chi connectivity index (χ4v) is 352. The summed E-state index contributed by atoms with van der Waals surface area (Å²) >= 11 is 101. The average molecular weight is 1280 g/mol. The summed E-state index contributed by atoms with van der Waals surface area (Å²) in [7, 11) is 0.961. The standard InChI is InChI=1S/2C14H33ClN3Si.Cl14Si6/c2*1-6-16(7-2)11-13-18(10-5,19-15)14-12-17(8-3)9-4;1-15(2)16(3,4)20(12,13,14)18(7,8)17(5,6)19(15,9,10)11/h2*6-14H2,1-5H3;/q2*+1;-2. The number of likely N-dealkylation sites (N-methyl/N-ethyl adjacent to an activating group) is 6. The first kappa shape index (κ1) is 66.2. The fraction of sp³-hybridized carbons (Fsp3) is 1.00. The quantitative estimate of drug-likeness (QED) is 0.0705. The van der Waals surface area contributed by atoms with E-state index in [1.165, 1.54) is 52.4 Å². The summed E-state index contributed by atoms with van der Waals surface area (Å²) in [6.45, 7) is 43.3. The van der Waals surface area contributed by atoms with E-state index >= 15 is 0 Å². The van der Waals surface area contributed by atoms with Gasteiger partial charge in [0.1, 0.15) is 0 Å². The Bertz CT molecular complexity index is 1010. The van der Waals surface area contributed by atoms with E-state index in [1.54, 1.807) is 0 Å². The number of quaternary nitrogens is 2. The molecule has 1 aliphatic heterocycles. The van der Waals surface area contributed by atoms with Gasteiger partial charge in [-0.2, -0.15) is 0 Å². The molecule has 0 aromatic rings. The van der Waals surface area contributed by atoms with Crippen LogP contribution in [-0.2, 0) is 0 Å². The summed E-state index contributed by atoms with van der Waals surface area (Å²) in [5.41, 5.74) is -16.8. The monoisotopic (exact) mass is 1270 g/mol. The van der Waals surface area contributed by atoms with Gasteiger partial charge in [-0.05, 0) is 66.2 Å². The second kappa shape index (κ2) is 27.5. The summed E-state index contributed by atoms with van der Waals surface area (Å²) in [4.78, 5) is 9.99. The molecule has 1 aliphatic rings. The number of hydrogen-bond acceptors (Lipinski definition) is 4. The van der Waals surface area contributed by atoms with Crippen molar-refractivity contribution >= 4 is 227 Å². The molecule has 0 spiro atoms. The molecule has 0 unspecified atom stereocenters. The van der Waals surface area contributed by atoms with Gasteiger partial charge in [0.25, 0.3) is 0 Å². The zero-order chi connectivity index (χ0) is 46.3. The SMILES string of the molecule is CCN(CC)CC[N+](CC)(CCN(CC)CC)[Si]Cl.CCN(CC)CC[N+](CC)(CCN(CC)CC)[Si]Cl.Cl[Si]1(Cl)[Si](Cl)(Cl)[Si-](Cl)(Cl)(Cl)[Si](Cl)(Cl)[Si](Cl)(Cl)[Si-]1(Cl)(Cl)Cl. The molecular weight excluding hydrogens is 1210 g/mol. The van der Waals surface area contributed by atoms with E-state index in [1.807, 2.05) is 0 Å². The Morgan fingerprint density at radius 3 is 0.621 bits per heavy atom. The first-order valence-electron chi connectivity index (χ1n) is 19.7. The van der Waals surface area contributed by atoms with Gasteiger partial charge in [0.05, 0.1) is 39.3 Å². The summed E-state index contributed by atoms with van der Waals surface area (Å²) in [5.74, 6) is 0. The molecule has 0 saturated carbocycles. The van der Waals surface area contributed by atoms with E-state index in [2.05, 4.69) is 88.8 Å². The molecule has 0 N–H and O–H groups in total. The molecule has 0 amide bonds. The van der Waals surface area contributed by atoms with E-state index in [-0.39, 0.29) is 0 Å². The second-order valence-electron chi connectivity index (χ2n) is 14.2. The van der Waals surface area contributed by atoms with E-state index in [0.717, 1.165) is 73.7 Å². The van der Waals surface area contributed by atoms with Gasteiger partial charge in [0.2, 0.25) is 0 Å². The van der Waals surface area contributed by atoms with Crippen molar-refractivity contribution in [2.75, 3.05) is 118 Å². The number of nitrogens with zero attached hydrogens (tertiary/aromatic N) is 6. The van der Waals surface area contributed by atoms with Crippen LogP contribution in [0.5, 0.6) is 0 Å². The predicted octanol–water partition coefficient (Wildman–Crippen LogP) is 11.9. The number of rotatable bonds is 24. The van der Waals surface area contributed by atoms with Crippen LogP contribution in [0.1, 0.15) is 69.2 Å². The van der Waals surface area contributed by atoms with Crippen LogP contribution in [0.25, 0.3) is 0 Å². The molecule has 30 heteroatoms. The van der Waals surface area contributed by atoms with Gasteiger partial charge in [-0.3, -0.25) is 19.6 Å². The van der Waals surface area contributed by atoms with Gasteiger partial charge < -0.3 is 8.30 Å². The van der Waals surface area contributed by atoms with E-state index in [4.69, 9.17) is 177 Å². The second-order valence-corrected chi connectivity index (χ2v) is 124. The van der Waals surface area contributed by atoms with Crippen LogP contribution < -0.4 is 0 Å². The van der Waals surface area contributed by atoms with Crippen molar-refractivity contribution < 1.29 is 8.30 Å². The van der Waals surface area contributed by atoms with Crippen LogP contribution in [0.2, 0.25) is 0 Å². The molecule has 352 valence electrons. The average Bonchev–Trinajstić information content (AvgIpc) is 3.17. The van der Waals surface area contributed by atoms with Gasteiger partial charge in [-0.25, -0.2) is 0 Å². The van der Waals surface area contributed by atoms with Crippen molar-refractivity contribution in [1.29, 1.82) is 0 Å². The van der Waals surface area contributed by atoms with Crippen molar-refractivity contribution in [1.82, 2.24) is 19.6 Å². The number of halogens is 16. The molecule has 0 aromatic carbocycles. The molecule has 0 aromatic heterocycles. The molecule has 1 fully saturated rings. The maximum atomic E-state index is 6.33. The van der Waals surface area contributed by atoms with Gasteiger partial charge >= 0.3 is 205 Å². The van der Waals surface area contributed by atoms with Crippen molar-refractivity contribution in [3.8, 4) is 0 Å². The van der Waals surface area contributed by atoms with Crippen molar-refractivity contribution in [3.63, 3.8) is 0 Å². The number of hydrogen-bond donors (Lipinski definition) is 0. The minimum absolute atomic E-state index is 0.480. The predicted molar refractivity (Wildman–Crippen MR) is 292 cm³/mol. The third-order valence-corrected chi connectivity index (χ3v) is 243. The van der Waals surface area contributed by atoms with Crippen LogP contribution in [0.15, 0.2) is 0 Å². The molecule has 1 heterocycles. The molecule has 1 saturated heterocycles. The van der Waals surface area contributed by atoms with Gasteiger partial charge in [0, 0.05) is 26.2 Å². The van der Waals surface area contributed by atoms with Crippen LogP contribution in [-0.4, -0.2) is 195 Å². The van der Waals surface area contributed by atoms with Crippen LogP contribution in [0.4, 0.5) is 0 Å². The van der Waals surface area contributed by atoms with Crippen molar-refractivity contribution in [3.05, 3.63) is 0 Å². The van der Waals surface area contributed by atoms with Crippen LogP contribution in [0.3, 0.4) is 0 Å². The molecule has 1 rings (SSSR count). The zero-order valence-corrected chi connectivity index (χ0v) is 55.6. The molecule has 4 radical (unpaired) electrons. The molecule has 6 nitrogen and oxygen atoms in total. The normalized spacial score (nSPS) is 22.5. The molecular formula is C28H66Cl16N6Si8. The minimum atomic E-state index is -5.11. The van der Waals surface area contributed by atoms with E-state index in [9.17, 15) is 0 Å². The topological polar surface area (TPSA) is 13.0 Å². The Kier molecular flexibility index (Phi) is 31.4. The first-order valence-corrected chi connectivity index (χ1v) is 56.8. The van der Waals surface area contributed by atoms with E-state index < -0.39 is 31.5 Å². The zero-order valence-electron chi connectivity index (χ0n) is 35.5. The third-order valence-electron chi connectivity index (χ3n) is 11.4. The summed E-state index contributed by atoms with van der Waals surface area (Å²) in [6.07, 6.45) is 0. The van der Waals surface area contributed by atoms with Crippen molar-refractivity contribution in [2.24, 2.45) is 0 Å².